The molecule has 51 heavy (non-hydrogen) atoms. The minimum absolute atomic E-state index is 0.663. The molecular formula is C48H31NO2. The van der Waals surface area contributed by atoms with Crippen molar-refractivity contribution in [2.45, 2.75) is 0 Å². The molecule has 0 bridgehead atoms. The Hall–Kier alpha value is -6.84. The second kappa shape index (κ2) is 11.9. The van der Waals surface area contributed by atoms with Crippen LogP contribution in [0.4, 0.5) is 17.1 Å². The number of fused-ring (bicyclic) bond motifs is 3. The highest BCUT2D eigenvalue weighted by Gasteiger charge is 2.26. The fourth-order valence-corrected chi connectivity index (χ4v) is 7.56. The highest BCUT2D eigenvalue weighted by molar-refractivity contribution is 6.07. The maximum atomic E-state index is 6.91. The normalized spacial score (nSPS) is 11.8. The zero-order valence-corrected chi connectivity index (χ0v) is 27.7. The zero-order valence-electron chi connectivity index (χ0n) is 27.7. The average molecular weight is 654 g/mol. The summed E-state index contributed by atoms with van der Waals surface area (Å²) < 4.78 is 13.6. The minimum atomic E-state index is 0.663. The number of benzene rings is 9. The first-order valence-electron chi connectivity index (χ1n) is 17.3. The maximum Gasteiger partial charge on any atom is 0.193 e. The van der Waals surface area contributed by atoms with Gasteiger partial charge in [-0.05, 0) is 86.3 Å². The van der Waals surface area contributed by atoms with E-state index in [4.69, 9.17) is 9.47 Å². The van der Waals surface area contributed by atoms with Crippen LogP contribution < -0.4 is 14.4 Å². The van der Waals surface area contributed by atoms with Crippen LogP contribution in [0.1, 0.15) is 0 Å². The average Bonchev–Trinajstić information content (AvgIpc) is 3.36. The van der Waals surface area contributed by atoms with E-state index in [1.165, 1.54) is 32.8 Å². The van der Waals surface area contributed by atoms with Gasteiger partial charge in [-0.2, -0.15) is 0 Å². The highest BCUT2D eigenvalue weighted by atomic mass is 16.5. The van der Waals surface area contributed by atoms with Crippen molar-refractivity contribution < 1.29 is 9.47 Å². The second-order valence-corrected chi connectivity index (χ2v) is 12.9. The molecule has 1 aliphatic heterocycles. The molecule has 3 nitrogen and oxygen atoms in total. The molecule has 9 aromatic carbocycles. The Morgan fingerprint density at radius 1 is 0.333 bits per heavy atom. The SMILES string of the molecule is c1ccc(-c2ccc(N(c3ccc(-c4cccc5ccccc45)cc3)c3cccc4c3Oc3cccc5cccc(c35)O4)c3ccccc23)cc1. The molecular weight excluding hydrogens is 623 g/mol. The molecule has 0 saturated carbocycles. The Balaban J connectivity index is 1.19. The number of rotatable bonds is 5. The van der Waals surface area contributed by atoms with Crippen molar-refractivity contribution in [3.8, 4) is 45.3 Å². The molecule has 0 aromatic heterocycles. The van der Waals surface area contributed by atoms with Gasteiger partial charge in [0.05, 0.1) is 16.8 Å². The van der Waals surface area contributed by atoms with Crippen molar-refractivity contribution in [3.05, 3.63) is 188 Å². The Labute approximate surface area is 296 Å². The lowest BCUT2D eigenvalue weighted by molar-refractivity contribution is 0.440. The summed E-state index contributed by atoms with van der Waals surface area (Å²) in [6.07, 6.45) is 0. The summed E-state index contributed by atoms with van der Waals surface area (Å²) in [5.74, 6) is 2.88. The van der Waals surface area contributed by atoms with Gasteiger partial charge in [-0.25, -0.2) is 0 Å². The van der Waals surface area contributed by atoms with Crippen molar-refractivity contribution in [3.63, 3.8) is 0 Å². The van der Waals surface area contributed by atoms with Crippen LogP contribution in [0.15, 0.2) is 188 Å². The van der Waals surface area contributed by atoms with Gasteiger partial charge in [-0.1, -0.05) is 146 Å². The smallest absolute Gasteiger partial charge is 0.193 e. The van der Waals surface area contributed by atoms with Crippen molar-refractivity contribution in [2.75, 3.05) is 4.90 Å². The zero-order chi connectivity index (χ0) is 33.7. The number of anilines is 3. The molecule has 0 N–H and O–H groups in total. The largest absolute Gasteiger partial charge is 0.453 e. The molecule has 240 valence electrons. The van der Waals surface area contributed by atoms with E-state index in [1.54, 1.807) is 0 Å². The van der Waals surface area contributed by atoms with Crippen LogP contribution in [-0.4, -0.2) is 0 Å². The van der Waals surface area contributed by atoms with Crippen molar-refractivity contribution in [2.24, 2.45) is 0 Å². The molecule has 3 heteroatoms. The van der Waals surface area contributed by atoms with E-state index in [1.807, 2.05) is 36.4 Å². The second-order valence-electron chi connectivity index (χ2n) is 12.9. The Kier molecular flexibility index (Phi) is 6.81. The van der Waals surface area contributed by atoms with Gasteiger partial charge in [0.15, 0.2) is 11.5 Å². The predicted molar refractivity (Wildman–Crippen MR) is 211 cm³/mol. The fourth-order valence-electron chi connectivity index (χ4n) is 7.56. The van der Waals surface area contributed by atoms with Gasteiger partial charge >= 0.3 is 0 Å². The monoisotopic (exact) mass is 653 g/mol. The molecule has 10 rings (SSSR count). The molecule has 0 radical (unpaired) electrons. The first kappa shape index (κ1) is 29.1. The summed E-state index contributed by atoms with van der Waals surface area (Å²) in [5.41, 5.74) is 7.67. The molecule has 0 amide bonds. The van der Waals surface area contributed by atoms with E-state index >= 15 is 0 Å². The third kappa shape index (κ3) is 4.90. The quantitative estimate of drug-likeness (QED) is 0.184. The van der Waals surface area contributed by atoms with Crippen LogP contribution >= 0.6 is 0 Å². The lowest BCUT2D eigenvalue weighted by Crippen LogP contribution is -2.12. The molecule has 1 aliphatic rings. The van der Waals surface area contributed by atoms with Crippen LogP contribution in [-0.2, 0) is 0 Å². The molecule has 0 spiro atoms. The van der Waals surface area contributed by atoms with Gasteiger partial charge in [0, 0.05) is 11.1 Å². The van der Waals surface area contributed by atoms with Gasteiger partial charge < -0.3 is 14.4 Å². The lowest BCUT2D eigenvalue weighted by atomic mass is 9.96. The molecule has 0 unspecified atom stereocenters. The van der Waals surface area contributed by atoms with Gasteiger partial charge in [0.2, 0.25) is 0 Å². The Bertz CT molecular complexity index is 2740. The van der Waals surface area contributed by atoms with Crippen LogP contribution in [0.25, 0.3) is 54.6 Å². The first-order chi connectivity index (χ1) is 25.3. The maximum absolute atomic E-state index is 6.91. The predicted octanol–water partition coefficient (Wildman–Crippen LogP) is 13.8. The third-order valence-corrected chi connectivity index (χ3v) is 9.91. The van der Waals surface area contributed by atoms with Gasteiger partial charge in [0.1, 0.15) is 11.5 Å². The molecule has 0 atom stereocenters. The van der Waals surface area contributed by atoms with E-state index < -0.39 is 0 Å². The number of hydrogen-bond donors (Lipinski definition) is 0. The van der Waals surface area contributed by atoms with E-state index in [0.717, 1.165) is 50.3 Å². The number of hydrogen-bond acceptors (Lipinski definition) is 3. The summed E-state index contributed by atoms with van der Waals surface area (Å²) in [7, 11) is 0. The van der Waals surface area contributed by atoms with Crippen molar-refractivity contribution in [1.82, 2.24) is 0 Å². The van der Waals surface area contributed by atoms with Gasteiger partial charge in [-0.3, -0.25) is 0 Å². The number of ether oxygens (including phenoxy) is 2. The Morgan fingerprint density at radius 2 is 0.922 bits per heavy atom. The fraction of sp³-hybridized carbons (Fsp3) is 0. The van der Waals surface area contributed by atoms with E-state index in [-0.39, 0.29) is 0 Å². The molecule has 9 aromatic rings. The molecule has 1 heterocycles. The topological polar surface area (TPSA) is 21.7 Å². The van der Waals surface area contributed by atoms with Crippen LogP contribution in [0.2, 0.25) is 0 Å². The summed E-state index contributed by atoms with van der Waals surface area (Å²) in [6, 6.07) is 66.1. The standard InChI is InChI=1S/C48H31NO2/c1-2-12-32(13-3-1)39-30-31-42(41-20-7-6-19-40(39)41)49(36-28-26-34(27-29-36)38-21-8-15-33-14-4-5-18-37(33)38)43-22-11-25-46-48(43)51-45-24-10-17-35-16-9-23-44(50-46)47(35)45/h1-31H. The van der Waals surface area contributed by atoms with Crippen molar-refractivity contribution in [1.29, 1.82) is 0 Å². The summed E-state index contributed by atoms with van der Waals surface area (Å²) in [6.45, 7) is 0. The van der Waals surface area contributed by atoms with E-state index in [0.29, 0.717) is 11.5 Å². The van der Waals surface area contributed by atoms with Crippen LogP contribution in [0.5, 0.6) is 23.0 Å². The highest BCUT2D eigenvalue weighted by Crippen LogP contribution is 2.53. The first-order valence-corrected chi connectivity index (χ1v) is 17.3. The van der Waals surface area contributed by atoms with Crippen molar-refractivity contribution >= 4 is 49.4 Å². The van der Waals surface area contributed by atoms with E-state index in [9.17, 15) is 0 Å². The Morgan fingerprint density at radius 3 is 1.75 bits per heavy atom. The lowest BCUT2D eigenvalue weighted by Gasteiger charge is -2.29. The number of para-hydroxylation sites is 1. The summed E-state index contributed by atoms with van der Waals surface area (Å²) in [4.78, 5) is 2.31. The summed E-state index contributed by atoms with van der Waals surface area (Å²) >= 11 is 0. The van der Waals surface area contributed by atoms with Crippen LogP contribution in [0, 0.1) is 0 Å². The van der Waals surface area contributed by atoms with E-state index in [2.05, 4.69) is 157 Å². The third-order valence-electron chi connectivity index (χ3n) is 9.91. The number of nitrogens with zero attached hydrogens (tertiary/aromatic N) is 1. The molecule has 0 fully saturated rings. The minimum Gasteiger partial charge on any atom is -0.453 e. The van der Waals surface area contributed by atoms with Gasteiger partial charge in [0.25, 0.3) is 0 Å². The van der Waals surface area contributed by atoms with Crippen LogP contribution in [0.3, 0.4) is 0 Å². The molecule has 0 saturated heterocycles. The molecule has 0 aliphatic carbocycles. The summed E-state index contributed by atoms with van der Waals surface area (Å²) in [5, 5.41) is 6.81. The van der Waals surface area contributed by atoms with Gasteiger partial charge in [-0.15, -0.1) is 0 Å².